The molecule has 0 saturated heterocycles. The molecule has 0 aromatic heterocycles. The molecular weight excluding hydrogens is 405 g/mol. The van der Waals surface area contributed by atoms with Gasteiger partial charge in [-0.2, -0.15) is 27.2 Å². The number of rotatable bonds is 6. The first-order chi connectivity index (χ1) is 11.0. The molecule has 0 rings (SSSR count). The Morgan fingerprint density at radius 2 is 0.880 bits per heavy atom. The first-order valence-corrected chi connectivity index (χ1v) is 8.02. The molecule has 6 nitrogen and oxygen atoms in total. The molecule has 0 bridgehead atoms. The van der Waals surface area contributed by atoms with Gasteiger partial charge in [0.2, 0.25) is 0 Å². The van der Waals surface area contributed by atoms with E-state index in [4.69, 9.17) is 9.59 Å². The summed E-state index contributed by atoms with van der Waals surface area (Å²) in [6, 6.07) is 0. The Morgan fingerprint density at radius 1 is 0.680 bits per heavy atom. The molecule has 0 aromatic rings. The first-order valence-electron chi connectivity index (χ1n) is 8.02. The standard InChI is InChI=1S/2C8H18N2.2CHO.Ru/c2*1-6-10-7(9-5)8(2,3)4;2*1-2;/h2*7H,6H2,1-5H3;2*1H;/q2*-2;2*-1;+6. The van der Waals surface area contributed by atoms with Crippen molar-refractivity contribution in [3.8, 4) is 0 Å². The van der Waals surface area contributed by atoms with Crippen LogP contribution in [0.1, 0.15) is 55.4 Å². The van der Waals surface area contributed by atoms with Gasteiger partial charge in [-0.25, -0.2) is 12.3 Å². The molecule has 0 aromatic carbocycles. The zero-order chi connectivity index (χ0) is 20.4. The van der Waals surface area contributed by atoms with Crippen LogP contribution in [0.5, 0.6) is 0 Å². The van der Waals surface area contributed by atoms with Gasteiger partial charge in [0, 0.05) is 0 Å². The summed E-state index contributed by atoms with van der Waals surface area (Å²) in [5.41, 5.74) is 0.371. The maximum Gasteiger partial charge on any atom is 6.00 e. The molecule has 2 atom stereocenters. The Morgan fingerprint density at radius 3 is 0.920 bits per heavy atom. The summed E-state index contributed by atoms with van der Waals surface area (Å²) >= 11 is 0. The maximum absolute atomic E-state index is 7.75. The molecule has 150 valence electrons. The molecule has 0 N–H and O–H groups in total. The molecule has 7 heteroatoms. The SMILES string of the molecule is CC[N-]C([N-]C)C(C)(C)C.CC[N-]C([N-]C)C(C)(C)C.[CH-]=O.[CH-]=O.[Ru+6]. The van der Waals surface area contributed by atoms with E-state index in [-0.39, 0.29) is 42.6 Å². The molecule has 0 aliphatic heterocycles. The summed E-state index contributed by atoms with van der Waals surface area (Å²) in [5.74, 6) is 0. The normalized spacial score (nSPS) is 12.6. The summed E-state index contributed by atoms with van der Waals surface area (Å²) < 4.78 is 0. The van der Waals surface area contributed by atoms with E-state index in [2.05, 4.69) is 76.4 Å². The maximum atomic E-state index is 7.75. The molecule has 0 saturated carbocycles. The Kier molecular flexibility index (Phi) is 31.3. The van der Waals surface area contributed by atoms with Crippen LogP contribution < -0.4 is 0 Å². The molecule has 0 spiro atoms. The zero-order valence-corrected chi connectivity index (χ0v) is 19.4. The van der Waals surface area contributed by atoms with E-state index in [9.17, 15) is 0 Å². The van der Waals surface area contributed by atoms with Crippen molar-refractivity contribution in [2.45, 2.75) is 67.7 Å². The van der Waals surface area contributed by atoms with Crippen LogP contribution in [0, 0.1) is 10.8 Å². The van der Waals surface area contributed by atoms with Crippen molar-refractivity contribution in [1.29, 1.82) is 0 Å². The topological polar surface area (TPSA) is 90.5 Å². The molecule has 0 radical (unpaired) electrons. The third-order valence-electron chi connectivity index (χ3n) is 2.75. The van der Waals surface area contributed by atoms with Gasteiger partial charge in [-0.05, 0) is 0 Å². The minimum Gasteiger partial charge on any atom is -0.680 e. The Balaban J connectivity index is -0.0000000858. The fourth-order valence-corrected chi connectivity index (χ4v) is 1.83. The largest absolute Gasteiger partial charge is 6.00 e. The Hall–Kier alpha value is -0.197. The summed E-state index contributed by atoms with van der Waals surface area (Å²) in [6.07, 6.45) is 0.329. The van der Waals surface area contributed by atoms with Gasteiger partial charge in [0.15, 0.2) is 0 Å². The first kappa shape index (κ1) is 35.8. The van der Waals surface area contributed by atoms with E-state index in [1.807, 2.05) is 27.9 Å². The second kappa shape index (κ2) is 21.8. The van der Waals surface area contributed by atoms with Crippen molar-refractivity contribution in [1.82, 2.24) is 0 Å². The Bertz CT molecular complexity index is 230. The van der Waals surface area contributed by atoms with Gasteiger partial charge in [0.25, 0.3) is 0 Å². The fourth-order valence-electron chi connectivity index (χ4n) is 1.83. The monoisotopic (exact) mass is 444 g/mol. The second-order valence-corrected chi connectivity index (χ2v) is 6.99. The van der Waals surface area contributed by atoms with E-state index in [0.717, 1.165) is 13.1 Å². The van der Waals surface area contributed by atoms with Crippen molar-refractivity contribution >= 4 is 13.6 Å². The summed E-state index contributed by atoms with van der Waals surface area (Å²) in [7, 11) is 3.66. The van der Waals surface area contributed by atoms with Crippen LogP contribution >= 0.6 is 0 Å². The van der Waals surface area contributed by atoms with E-state index < -0.39 is 0 Å². The van der Waals surface area contributed by atoms with Crippen LogP contribution in [0.2, 0.25) is 0 Å². The predicted molar refractivity (Wildman–Crippen MR) is 106 cm³/mol. The van der Waals surface area contributed by atoms with Gasteiger partial charge in [-0.1, -0.05) is 66.2 Å². The predicted octanol–water partition coefficient (Wildman–Crippen LogP) is 4.96. The Labute approximate surface area is 169 Å². The van der Waals surface area contributed by atoms with Crippen molar-refractivity contribution in [2.24, 2.45) is 10.8 Å². The molecule has 2 unspecified atom stereocenters. The quantitative estimate of drug-likeness (QED) is 0.330. The van der Waals surface area contributed by atoms with E-state index in [1.165, 1.54) is 0 Å². The van der Waals surface area contributed by atoms with Crippen molar-refractivity contribution in [3.05, 3.63) is 21.3 Å². The van der Waals surface area contributed by atoms with E-state index in [0.29, 0.717) is 0 Å². The zero-order valence-electron chi connectivity index (χ0n) is 17.7. The smallest absolute Gasteiger partial charge is 0.680 e. The second-order valence-electron chi connectivity index (χ2n) is 6.99. The third kappa shape index (κ3) is 23.8. The summed E-state index contributed by atoms with van der Waals surface area (Å²) in [4.78, 5) is 15.5. The molecule has 0 aliphatic carbocycles. The number of hydrogen-bond acceptors (Lipinski definition) is 2. The molecule has 0 amide bonds. The van der Waals surface area contributed by atoms with Crippen LogP contribution in [0.15, 0.2) is 0 Å². The molecule has 0 heterocycles. The van der Waals surface area contributed by atoms with E-state index >= 15 is 0 Å². The average molecular weight is 444 g/mol. The molecule has 25 heavy (non-hydrogen) atoms. The van der Waals surface area contributed by atoms with Gasteiger partial charge in [0.05, 0.1) is 0 Å². The number of carbonyl (C=O) groups excluding carboxylic acids is 2. The molecule has 0 aliphatic rings. The summed E-state index contributed by atoms with van der Waals surface area (Å²) in [5, 5.41) is 17.1. The minimum absolute atomic E-state index is 0. The van der Waals surface area contributed by atoms with Crippen molar-refractivity contribution < 1.29 is 29.1 Å². The number of nitrogens with zero attached hydrogens (tertiary/aromatic N) is 4. The summed E-state index contributed by atoms with van der Waals surface area (Å²) in [6.45, 7) is 25.3. The van der Waals surface area contributed by atoms with Crippen LogP contribution in [0.4, 0.5) is 0 Å². The van der Waals surface area contributed by atoms with Crippen LogP contribution in [-0.2, 0) is 29.1 Å². The average Bonchev–Trinajstić information content (AvgIpc) is 2.52. The minimum atomic E-state index is 0. The van der Waals surface area contributed by atoms with Crippen molar-refractivity contribution in [3.63, 3.8) is 0 Å². The van der Waals surface area contributed by atoms with Gasteiger partial charge in [-0.3, -0.25) is 13.6 Å². The third-order valence-corrected chi connectivity index (χ3v) is 2.75. The van der Waals surface area contributed by atoms with Crippen molar-refractivity contribution in [2.75, 3.05) is 27.2 Å². The van der Waals surface area contributed by atoms with Gasteiger partial charge in [-0.15, -0.1) is 0 Å². The van der Waals surface area contributed by atoms with Crippen LogP contribution in [-0.4, -0.2) is 53.1 Å². The van der Waals surface area contributed by atoms with Crippen LogP contribution in [0.3, 0.4) is 0 Å². The van der Waals surface area contributed by atoms with Crippen LogP contribution in [0.25, 0.3) is 21.3 Å². The molecule has 0 fully saturated rings. The fraction of sp³-hybridized carbons (Fsp3) is 0.889. The molecular formula is C18H38N4O2Ru. The van der Waals surface area contributed by atoms with E-state index in [1.54, 1.807) is 0 Å². The van der Waals surface area contributed by atoms with Gasteiger partial charge >= 0.3 is 19.5 Å². The van der Waals surface area contributed by atoms with Gasteiger partial charge in [0.1, 0.15) is 0 Å². The van der Waals surface area contributed by atoms with Gasteiger partial charge < -0.3 is 30.9 Å². The number of hydrogen-bond donors (Lipinski definition) is 0.